The van der Waals surface area contributed by atoms with Crippen molar-refractivity contribution in [1.29, 1.82) is 0 Å². The minimum atomic E-state index is -1.24. The van der Waals surface area contributed by atoms with E-state index in [9.17, 15) is 4.79 Å². The first-order valence-corrected chi connectivity index (χ1v) is 9.83. The van der Waals surface area contributed by atoms with Gasteiger partial charge in [-0.25, -0.2) is 14.6 Å². The fraction of sp³-hybridized carbons (Fsp3) is 0.941. The molecule has 25 heavy (non-hydrogen) atoms. The van der Waals surface area contributed by atoms with Crippen LogP contribution in [0.2, 0.25) is 0 Å². The van der Waals surface area contributed by atoms with Crippen molar-refractivity contribution >= 4 is 29.2 Å². The summed E-state index contributed by atoms with van der Waals surface area (Å²) in [7, 11) is 0. The summed E-state index contributed by atoms with van der Waals surface area (Å²) in [6.45, 7) is 6.10. The molecule has 2 bridgehead atoms. The second-order valence-corrected chi connectivity index (χ2v) is 9.11. The maximum absolute atomic E-state index is 11.9. The fourth-order valence-corrected chi connectivity index (χ4v) is 5.28. The summed E-state index contributed by atoms with van der Waals surface area (Å²) in [5.41, 5.74) is -0.669. The molecule has 5 aliphatic rings. The Bertz CT molecular complexity index is 559. The molecule has 4 aliphatic heterocycles. The van der Waals surface area contributed by atoms with E-state index in [2.05, 4.69) is 6.92 Å². The van der Waals surface area contributed by atoms with Crippen molar-refractivity contribution in [3.05, 3.63) is 0 Å². The Kier molecular flexibility index (Phi) is 4.54. The fourth-order valence-electron chi connectivity index (χ4n) is 5.17. The number of halogens is 2. The van der Waals surface area contributed by atoms with Gasteiger partial charge < -0.3 is 14.2 Å². The van der Waals surface area contributed by atoms with Crippen LogP contribution in [0.3, 0.4) is 0 Å². The van der Waals surface area contributed by atoms with Crippen LogP contribution in [0.1, 0.15) is 46.5 Å². The third-order valence-corrected chi connectivity index (χ3v) is 6.86. The maximum atomic E-state index is 11.9. The van der Waals surface area contributed by atoms with Crippen LogP contribution < -0.4 is 0 Å². The van der Waals surface area contributed by atoms with Crippen molar-refractivity contribution in [2.45, 2.75) is 75.3 Å². The first kappa shape index (κ1) is 18.3. The molecule has 0 aromatic carbocycles. The van der Waals surface area contributed by atoms with Gasteiger partial charge >= 0.3 is 5.97 Å². The van der Waals surface area contributed by atoms with Gasteiger partial charge in [-0.2, -0.15) is 0 Å². The van der Waals surface area contributed by atoms with Gasteiger partial charge in [-0.1, -0.05) is 37.0 Å². The van der Waals surface area contributed by atoms with Gasteiger partial charge in [0.15, 0.2) is 11.9 Å². The highest BCUT2D eigenvalue weighted by Gasteiger charge is 2.69. The van der Waals surface area contributed by atoms with Gasteiger partial charge in [-0.3, -0.25) is 0 Å². The van der Waals surface area contributed by atoms with E-state index in [1.54, 1.807) is 0 Å². The summed E-state index contributed by atoms with van der Waals surface area (Å²) in [5.74, 6) is -0.799. The van der Waals surface area contributed by atoms with Crippen LogP contribution in [0, 0.1) is 23.7 Å². The average molecular weight is 395 g/mol. The molecular formula is C17H24Cl2O6. The minimum absolute atomic E-state index is 0.0862. The van der Waals surface area contributed by atoms with Gasteiger partial charge in [0.05, 0.1) is 0 Å². The molecule has 0 amide bonds. The third kappa shape index (κ3) is 2.72. The van der Waals surface area contributed by atoms with E-state index in [1.165, 1.54) is 0 Å². The molecule has 1 aliphatic carbocycles. The molecular weight excluding hydrogens is 371 g/mol. The number of esters is 1. The SMILES string of the molecule is C[C@H]1C(OC(=O)C(Cl)Cl)O[C@@H]2OC3(C)CC[C@H]4[C@H](C)CCC1[C@@]24OO3. The number of carbonyl (C=O) groups is 1. The summed E-state index contributed by atoms with van der Waals surface area (Å²) >= 11 is 11.3. The third-order valence-electron chi connectivity index (χ3n) is 6.51. The van der Waals surface area contributed by atoms with Gasteiger partial charge in [-0.15, -0.1) is 0 Å². The van der Waals surface area contributed by atoms with Crippen LogP contribution in [0.4, 0.5) is 0 Å². The van der Waals surface area contributed by atoms with E-state index in [1.807, 2.05) is 13.8 Å². The van der Waals surface area contributed by atoms with Crippen LogP contribution >= 0.6 is 23.2 Å². The van der Waals surface area contributed by atoms with Gasteiger partial charge in [0.2, 0.25) is 16.9 Å². The number of hydrogen-bond acceptors (Lipinski definition) is 6. The summed E-state index contributed by atoms with van der Waals surface area (Å²) in [5, 5.41) is 0. The summed E-state index contributed by atoms with van der Waals surface area (Å²) < 4.78 is 17.7. The molecule has 6 nitrogen and oxygen atoms in total. The molecule has 1 spiro atoms. The lowest BCUT2D eigenvalue weighted by Crippen LogP contribution is -2.70. The maximum Gasteiger partial charge on any atom is 0.341 e. The molecule has 4 heterocycles. The number of fused-ring (bicyclic) bond motifs is 2. The quantitative estimate of drug-likeness (QED) is 0.405. The van der Waals surface area contributed by atoms with Crippen LogP contribution in [-0.2, 0) is 28.8 Å². The highest BCUT2D eigenvalue weighted by atomic mass is 35.5. The number of alkyl halides is 2. The second kappa shape index (κ2) is 6.21. The molecule has 142 valence electrons. The number of carbonyl (C=O) groups excluding carboxylic acids is 1. The van der Waals surface area contributed by atoms with Crippen molar-refractivity contribution < 1.29 is 28.8 Å². The zero-order chi connectivity index (χ0) is 18.0. The number of rotatable bonds is 2. The Morgan fingerprint density at radius 2 is 1.92 bits per heavy atom. The largest absolute Gasteiger partial charge is 0.433 e. The molecule has 5 fully saturated rings. The van der Waals surface area contributed by atoms with Crippen molar-refractivity contribution in [3.8, 4) is 0 Å². The molecule has 0 N–H and O–H groups in total. The minimum Gasteiger partial charge on any atom is -0.433 e. The molecule has 3 unspecified atom stereocenters. The number of hydrogen-bond donors (Lipinski definition) is 0. The van der Waals surface area contributed by atoms with Crippen molar-refractivity contribution in [2.24, 2.45) is 23.7 Å². The van der Waals surface area contributed by atoms with Crippen molar-refractivity contribution in [3.63, 3.8) is 0 Å². The molecule has 5 rings (SSSR count). The zero-order valence-corrected chi connectivity index (χ0v) is 16.1. The standard InChI is InChI=1S/C17H24Cl2O6/c1-8-4-5-11-9(2)14(21-13(20)12(18)19)22-15-17(11)10(8)6-7-16(3,23-15)24-25-17/h8-12,14-15H,4-7H2,1-3H3/t8-,9-,10+,11?,14?,15-,16?,17-/m1/s1. The molecule has 1 saturated carbocycles. The summed E-state index contributed by atoms with van der Waals surface area (Å²) in [4.78, 5) is 22.4. The normalized spacial score (nSPS) is 51.8. The lowest BCUT2D eigenvalue weighted by molar-refractivity contribution is -0.576. The number of ether oxygens (including phenoxy) is 3. The Morgan fingerprint density at radius 3 is 2.64 bits per heavy atom. The van der Waals surface area contributed by atoms with E-state index in [4.69, 9.17) is 47.2 Å². The van der Waals surface area contributed by atoms with Gasteiger partial charge in [0.25, 0.3) is 0 Å². The molecule has 8 atom stereocenters. The zero-order valence-electron chi connectivity index (χ0n) is 14.6. The topological polar surface area (TPSA) is 63.2 Å². The smallest absolute Gasteiger partial charge is 0.341 e. The van der Waals surface area contributed by atoms with Crippen LogP contribution in [-0.4, -0.2) is 34.8 Å². The predicted octanol–water partition coefficient (Wildman–Crippen LogP) is 3.54. The van der Waals surface area contributed by atoms with Crippen molar-refractivity contribution in [2.75, 3.05) is 0 Å². The lowest BCUT2D eigenvalue weighted by Gasteiger charge is -2.59. The van der Waals surface area contributed by atoms with Gasteiger partial charge in [0.1, 0.15) is 0 Å². The Hall–Kier alpha value is -0.110. The average Bonchev–Trinajstić information content (AvgIpc) is 2.78. The van der Waals surface area contributed by atoms with Crippen molar-refractivity contribution in [1.82, 2.24) is 0 Å². The van der Waals surface area contributed by atoms with E-state index in [0.717, 1.165) is 25.7 Å². The Labute approximate surface area is 157 Å². The first-order chi connectivity index (χ1) is 11.8. The Morgan fingerprint density at radius 1 is 1.16 bits per heavy atom. The van der Waals surface area contributed by atoms with Crippen LogP contribution in [0.5, 0.6) is 0 Å². The van der Waals surface area contributed by atoms with E-state index >= 15 is 0 Å². The highest BCUT2D eigenvalue weighted by molar-refractivity contribution is 6.52. The molecule has 0 aromatic rings. The van der Waals surface area contributed by atoms with Gasteiger partial charge in [0, 0.05) is 18.3 Å². The predicted molar refractivity (Wildman–Crippen MR) is 88.4 cm³/mol. The van der Waals surface area contributed by atoms with Crippen LogP contribution in [0.25, 0.3) is 0 Å². The molecule has 0 radical (unpaired) electrons. The highest BCUT2D eigenvalue weighted by Crippen LogP contribution is 2.60. The van der Waals surface area contributed by atoms with E-state index in [-0.39, 0.29) is 17.8 Å². The molecule has 4 saturated heterocycles. The second-order valence-electron chi connectivity index (χ2n) is 8.01. The molecule has 0 aromatic heterocycles. The van der Waals surface area contributed by atoms with Crippen LogP contribution in [0.15, 0.2) is 0 Å². The lowest BCUT2D eigenvalue weighted by atomic mass is 9.58. The van der Waals surface area contributed by atoms with E-state index < -0.39 is 34.8 Å². The monoisotopic (exact) mass is 394 g/mol. The summed E-state index contributed by atoms with van der Waals surface area (Å²) in [6, 6.07) is 0. The van der Waals surface area contributed by atoms with Gasteiger partial charge in [-0.05, 0) is 38.0 Å². The molecule has 8 heteroatoms. The summed E-state index contributed by atoms with van der Waals surface area (Å²) in [6.07, 6.45) is 2.29. The van der Waals surface area contributed by atoms with E-state index in [0.29, 0.717) is 5.92 Å². The Balaban J connectivity index is 1.68. The first-order valence-electron chi connectivity index (χ1n) is 8.95.